The fourth-order valence-electron chi connectivity index (χ4n) is 5.94. The number of hydrogen-bond acceptors (Lipinski definition) is 4. The Morgan fingerprint density at radius 3 is 2.06 bits per heavy atom. The van der Waals surface area contributed by atoms with Crippen LogP contribution in [0, 0.1) is 6.92 Å². The number of anilines is 1. The van der Waals surface area contributed by atoms with E-state index < -0.39 is 28.5 Å². The summed E-state index contributed by atoms with van der Waals surface area (Å²) in [5.41, 5.74) is 2.25. The lowest BCUT2D eigenvalue weighted by Gasteiger charge is -2.35. The van der Waals surface area contributed by atoms with Crippen molar-refractivity contribution in [3.8, 4) is 0 Å². The quantitative estimate of drug-likeness (QED) is 0.159. The number of amides is 2. The molecule has 2 amide bonds. The second-order valence-electron chi connectivity index (χ2n) is 12.0. The minimum Gasteiger partial charge on any atom is -0.352 e. The lowest BCUT2D eigenvalue weighted by Crippen LogP contribution is -2.55. The summed E-state index contributed by atoms with van der Waals surface area (Å²) in [5.74, 6) is -0.931. The zero-order valence-electron chi connectivity index (χ0n) is 26.6. The van der Waals surface area contributed by atoms with Crippen LogP contribution in [0.25, 0.3) is 0 Å². The van der Waals surface area contributed by atoms with Gasteiger partial charge in [0, 0.05) is 39.6 Å². The van der Waals surface area contributed by atoms with Gasteiger partial charge >= 0.3 is 0 Å². The molecule has 1 aliphatic rings. The highest BCUT2D eigenvalue weighted by Crippen LogP contribution is 2.31. The number of hydrogen-bond donors (Lipinski definition) is 1. The van der Waals surface area contributed by atoms with E-state index in [1.807, 2.05) is 37.3 Å². The molecule has 1 unspecified atom stereocenters. The predicted octanol–water partition coefficient (Wildman–Crippen LogP) is 8.24. The maximum absolute atomic E-state index is 14.7. The number of rotatable bonds is 12. The third-order valence-electron chi connectivity index (χ3n) is 8.67. The summed E-state index contributed by atoms with van der Waals surface area (Å²) in [5, 5.41) is 4.19. The van der Waals surface area contributed by atoms with Gasteiger partial charge in [-0.3, -0.25) is 13.9 Å². The first-order valence-electron chi connectivity index (χ1n) is 15.9. The summed E-state index contributed by atoms with van der Waals surface area (Å²) in [7, 11) is -4.25. The molecule has 1 saturated carbocycles. The lowest BCUT2D eigenvalue weighted by molar-refractivity contribution is -0.140. The number of carbonyl (C=O) groups excluding carboxylic acids is 2. The van der Waals surface area contributed by atoms with Gasteiger partial charge in [0.2, 0.25) is 11.8 Å². The Labute approximate surface area is 297 Å². The second kappa shape index (κ2) is 16.2. The average molecular weight is 727 g/mol. The summed E-state index contributed by atoms with van der Waals surface area (Å²) < 4.78 is 29.4. The van der Waals surface area contributed by atoms with Crippen LogP contribution in [-0.2, 0) is 32.6 Å². The van der Waals surface area contributed by atoms with E-state index in [4.69, 9.17) is 34.8 Å². The maximum atomic E-state index is 14.7. The molecule has 11 heteroatoms. The molecule has 0 aliphatic heterocycles. The molecule has 5 rings (SSSR count). The SMILES string of the molecule is Cc1ccc(N(CC(=O)N(Cc2c(Cl)cccc2Cl)C(Cc2ccccc2)C(=O)NC2CCCCC2)S(=O)(=O)c2ccccc2)cc1Cl. The van der Waals surface area contributed by atoms with Crippen LogP contribution in [0.4, 0.5) is 5.69 Å². The zero-order chi connectivity index (χ0) is 34.3. The number of halogens is 3. The molecule has 252 valence electrons. The number of nitrogens with one attached hydrogen (secondary N) is 1. The summed E-state index contributed by atoms with van der Waals surface area (Å²) >= 11 is 19.7. The minimum absolute atomic E-state index is 0.00562. The van der Waals surface area contributed by atoms with Crippen molar-refractivity contribution in [3.05, 3.63) is 129 Å². The van der Waals surface area contributed by atoms with Crippen molar-refractivity contribution in [1.29, 1.82) is 0 Å². The molecule has 0 radical (unpaired) electrons. The summed E-state index contributed by atoms with van der Waals surface area (Å²) in [6.07, 6.45) is 5.03. The first-order chi connectivity index (χ1) is 23.0. The molecule has 1 atom stereocenters. The molecule has 1 N–H and O–H groups in total. The Kier molecular flexibility index (Phi) is 12.1. The highest BCUT2D eigenvalue weighted by Gasteiger charge is 2.36. The van der Waals surface area contributed by atoms with Crippen LogP contribution >= 0.6 is 34.8 Å². The van der Waals surface area contributed by atoms with E-state index in [1.54, 1.807) is 48.5 Å². The van der Waals surface area contributed by atoms with Gasteiger partial charge in [-0.05, 0) is 67.3 Å². The van der Waals surface area contributed by atoms with Gasteiger partial charge in [-0.25, -0.2) is 8.42 Å². The highest BCUT2D eigenvalue weighted by molar-refractivity contribution is 7.92. The van der Waals surface area contributed by atoms with Gasteiger partial charge in [-0.2, -0.15) is 0 Å². The lowest BCUT2D eigenvalue weighted by atomic mass is 9.94. The smallest absolute Gasteiger partial charge is 0.264 e. The van der Waals surface area contributed by atoms with Gasteiger partial charge < -0.3 is 10.2 Å². The Balaban J connectivity index is 1.60. The minimum atomic E-state index is -4.25. The van der Waals surface area contributed by atoms with Crippen molar-refractivity contribution in [3.63, 3.8) is 0 Å². The maximum Gasteiger partial charge on any atom is 0.264 e. The topological polar surface area (TPSA) is 86.8 Å². The van der Waals surface area contributed by atoms with Crippen LogP contribution in [0.5, 0.6) is 0 Å². The van der Waals surface area contributed by atoms with Crippen molar-refractivity contribution in [2.24, 2.45) is 0 Å². The largest absolute Gasteiger partial charge is 0.352 e. The molecule has 0 spiro atoms. The predicted molar refractivity (Wildman–Crippen MR) is 193 cm³/mol. The van der Waals surface area contributed by atoms with Gasteiger partial charge in [-0.1, -0.05) is 115 Å². The fourth-order valence-corrected chi connectivity index (χ4v) is 8.06. The summed E-state index contributed by atoms with van der Waals surface area (Å²) in [4.78, 5) is 30.4. The van der Waals surface area contributed by atoms with Crippen molar-refractivity contribution in [2.75, 3.05) is 10.8 Å². The molecule has 1 aliphatic carbocycles. The third-order valence-corrected chi connectivity index (χ3v) is 11.6. The van der Waals surface area contributed by atoms with Crippen molar-refractivity contribution in [2.45, 2.75) is 69.0 Å². The molecule has 0 bridgehead atoms. The molecule has 0 heterocycles. The van der Waals surface area contributed by atoms with Gasteiger partial charge in [0.25, 0.3) is 10.0 Å². The Morgan fingerprint density at radius 1 is 0.812 bits per heavy atom. The molecule has 48 heavy (non-hydrogen) atoms. The molecule has 1 fully saturated rings. The van der Waals surface area contributed by atoms with Gasteiger partial charge in [-0.15, -0.1) is 0 Å². The Morgan fingerprint density at radius 2 is 1.44 bits per heavy atom. The van der Waals surface area contributed by atoms with Gasteiger partial charge in [0.05, 0.1) is 10.6 Å². The monoisotopic (exact) mass is 725 g/mol. The number of carbonyl (C=O) groups is 2. The molecule has 7 nitrogen and oxygen atoms in total. The first kappa shape index (κ1) is 35.7. The standard InChI is InChI=1S/C37H38Cl3N3O4S/c1-26-20-21-29(23-34(26)40)43(48(46,47)30-16-9-4-10-17-30)25-36(44)42(24-31-32(38)18-11-19-33(31)39)35(22-27-12-5-2-6-13-27)37(45)41-28-14-7-3-8-15-28/h2,4-6,9-13,16-21,23,28,35H,3,7-8,14-15,22,24-25H2,1H3,(H,41,45). The highest BCUT2D eigenvalue weighted by atomic mass is 35.5. The van der Waals surface area contributed by atoms with Crippen molar-refractivity contribution < 1.29 is 18.0 Å². The first-order valence-corrected chi connectivity index (χ1v) is 18.5. The summed E-state index contributed by atoms with van der Waals surface area (Å²) in [6, 6.07) is 26.2. The van der Waals surface area contributed by atoms with Gasteiger partial charge in [0.1, 0.15) is 12.6 Å². The number of aryl methyl sites for hydroxylation is 1. The molecular formula is C37H38Cl3N3O4S. The Hall–Kier alpha value is -3.56. The normalized spacial score (nSPS) is 14.2. The zero-order valence-corrected chi connectivity index (χ0v) is 29.7. The number of sulfonamides is 1. The van der Waals surface area contributed by atoms with Crippen LogP contribution in [0.15, 0.2) is 102 Å². The third kappa shape index (κ3) is 8.72. The molecule has 4 aromatic carbocycles. The van der Waals surface area contributed by atoms with Gasteiger partial charge in [0.15, 0.2) is 0 Å². The van der Waals surface area contributed by atoms with E-state index in [2.05, 4.69) is 5.32 Å². The molecule has 0 aromatic heterocycles. The van der Waals surface area contributed by atoms with E-state index in [9.17, 15) is 18.0 Å². The number of nitrogens with zero attached hydrogens (tertiary/aromatic N) is 2. The van der Waals surface area contributed by atoms with Crippen molar-refractivity contribution in [1.82, 2.24) is 10.2 Å². The second-order valence-corrected chi connectivity index (χ2v) is 15.1. The fraction of sp³-hybridized carbons (Fsp3) is 0.297. The van der Waals surface area contributed by atoms with E-state index in [-0.39, 0.29) is 35.5 Å². The van der Waals surface area contributed by atoms with Crippen LogP contribution in [0.3, 0.4) is 0 Å². The van der Waals surface area contributed by atoms with E-state index in [0.717, 1.165) is 47.5 Å². The van der Waals surface area contributed by atoms with Crippen LogP contribution in [0.2, 0.25) is 15.1 Å². The van der Waals surface area contributed by atoms with E-state index in [0.29, 0.717) is 20.6 Å². The van der Waals surface area contributed by atoms with Crippen molar-refractivity contribution >= 4 is 62.3 Å². The average Bonchev–Trinajstić information content (AvgIpc) is 3.08. The van der Waals surface area contributed by atoms with Crippen LogP contribution < -0.4 is 9.62 Å². The van der Waals surface area contributed by atoms with Crippen LogP contribution in [-0.4, -0.2) is 43.8 Å². The Bertz CT molecular complexity index is 1820. The van der Waals surface area contributed by atoms with Crippen LogP contribution in [0.1, 0.15) is 48.8 Å². The number of benzene rings is 4. The van der Waals surface area contributed by atoms with E-state index >= 15 is 0 Å². The van der Waals surface area contributed by atoms with E-state index in [1.165, 1.54) is 23.1 Å². The molecular weight excluding hydrogens is 689 g/mol. The summed E-state index contributed by atoms with van der Waals surface area (Å²) in [6.45, 7) is 1.07. The molecule has 0 saturated heterocycles. The molecule has 4 aromatic rings.